The Labute approximate surface area is 171 Å². The highest BCUT2D eigenvalue weighted by molar-refractivity contribution is 5.94. The number of amides is 1. The summed E-state index contributed by atoms with van der Waals surface area (Å²) in [5.74, 6) is -0.123. The predicted molar refractivity (Wildman–Crippen MR) is 111 cm³/mol. The SMILES string of the molecule is C=CCn1nc(C(=O)N2CCCC2)c2c1CCC(NCCc1ccc(F)cc1)C2. The Morgan fingerprint density at radius 2 is 2.03 bits per heavy atom. The van der Waals surface area contributed by atoms with Gasteiger partial charge in [-0.05, 0) is 62.8 Å². The summed E-state index contributed by atoms with van der Waals surface area (Å²) in [6.45, 7) is 6.98. The van der Waals surface area contributed by atoms with Crippen molar-refractivity contribution in [2.24, 2.45) is 0 Å². The van der Waals surface area contributed by atoms with Gasteiger partial charge in [-0.25, -0.2) is 4.39 Å². The Balaban J connectivity index is 1.44. The number of rotatable bonds is 7. The van der Waals surface area contributed by atoms with Gasteiger partial charge in [0.15, 0.2) is 5.69 Å². The molecule has 1 aromatic heterocycles. The van der Waals surface area contributed by atoms with Crippen molar-refractivity contribution in [3.8, 4) is 0 Å². The van der Waals surface area contributed by atoms with Gasteiger partial charge in [0, 0.05) is 30.4 Å². The number of hydrogen-bond donors (Lipinski definition) is 1. The van der Waals surface area contributed by atoms with Crippen LogP contribution in [-0.4, -0.2) is 46.3 Å². The monoisotopic (exact) mass is 396 g/mol. The van der Waals surface area contributed by atoms with E-state index in [9.17, 15) is 9.18 Å². The van der Waals surface area contributed by atoms with Crippen molar-refractivity contribution in [1.82, 2.24) is 20.0 Å². The first kappa shape index (κ1) is 19.8. The number of benzene rings is 1. The van der Waals surface area contributed by atoms with Crippen molar-refractivity contribution >= 4 is 5.91 Å². The molecule has 1 aliphatic heterocycles. The fourth-order valence-electron chi connectivity index (χ4n) is 4.45. The number of nitrogens with one attached hydrogen (secondary N) is 1. The van der Waals surface area contributed by atoms with Crippen LogP contribution in [0.25, 0.3) is 0 Å². The van der Waals surface area contributed by atoms with E-state index in [0.717, 1.165) is 69.3 Å². The summed E-state index contributed by atoms with van der Waals surface area (Å²) in [7, 11) is 0. The lowest BCUT2D eigenvalue weighted by Gasteiger charge is -2.25. The van der Waals surface area contributed by atoms with Crippen LogP contribution in [0.1, 0.15) is 46.6 Å². The zero-order chi connectivity index (χ0) is 20.2. The second-order valence-electron chi connectivity index (χ2n) is 8.01. The fourth-order valence-corrected chi connectivity index (χ4v) is 4.45. The number of fused-ring (bicyclic) bond motifs is 1. The largest absolute Gasteiger partial charge is 0.337 e. The molecule has 4 rings (SSSR count). The Morgan fingerprint density at radius 3 is 2.76 bits per heavy atom. The van der Waals surface area contributed by atoms with Gasteiger partial charge in [-0.15, -0.1) is 6.58 Å². The maximum atomic E-state index is 13.1. The van der Waals surface area contributed by atoms with Crippen LogP contribution in [0, 0.1) is 5.82 Å². The number of aromatic nitrogens is 2. The summed E-state index contributed by atoms with van der Waals surface area (Å²) < 4.78 is 15.0. The molecule has 0 bridgehead atoms. The third kappa shape index (κ3) is 4.42. The van der Waals surface area contributed by atoms with Gasteiger partial charge in [0.1, 0.15) is 5.82 Å². The van der Waals surface area contributed by atoms with Gasteiger partial charge >= 0.3 is 0 Å². The maximum Gasteiger partial charge on any atom is 0.274 e. The quantitative estimate of drug-likeness (QED) is 0.732. The maximum absolute atomic E-state index is 13.1. The third-order valence-electron chi connectivity index (χ3n) is 6.00. The van der Waals surface area contributed by atoms with Crippen LogP contribution in [0.3, 0.4) is 0 Å². The van der Waals surface area contributed by atoms with Crippen molar-refractivity contribution in [3.63, 3.8) is 0 Å². The van der Waals surface area contributed by atoms with Gasteiger partial charge in [-0.1, -0.05) is 18.2 Å². The molecule has 6 heteroatoms. The van der Waals surface area contributed by atoms with Gasteiger partial charge in [0.25, 0.3) is 5.91 Å². The zero-order valence-electron chi connectivity index (χ0n) is 16.9. The van der Waals surface area contributed by atoms with E-state index in [1.54, 1.807) is 0 Å². The molecule has 2 aliphatic rings. The molecular formula is C23H29FN4O. The fraction of sp³-hybridized carbons (Fsp3) is 0.478. The molecule has 1 unspecified atom stereocenters. The minimum atomic E-state index is -0.201. The number of allylic oxidation sites excluding steroid dienone is 1. The van der Waals surface area contributed by atoms with Crippen LogP contribution < -0.4 is 5.32 Å². The van der Waals surface area contributed by atoms with E-state index in [0.29, 0.717) is 18.3 Å². The van der Waals surface area contributed by atoms with Gasteiger partial charge in [-0.2, -0.15) is 5.10 Å². The number of hydrogen-bond acceptors (Lipinski definition) is 3. The van der Waals surface area contributed by atoms with Crippen LogP contribution in [0.15, 0.2) is 36.9 Å². The molecule has 2 aromatic rings. The first-order valence-electron chi connectivity index (χ1n) is 10.6. The van der Waals surface area contributed by atoms with Crippen LogP contribution >= 0.6 is 0 Å². The van der Waals surface area contributed by atoms with Crippen LogP contribution in [-0.2, 0) is 25.8 Å². The summed E-state index contributed by atoms with van der Waals surface area (Å²) in [4.78, 5) is 15.0. The third-order valence-corrected chi connectivity index (χ3v) is 6.00. The second kappa shape index (κ2) is 8.91. The first-order valence-corrected chi connectivity index (χ1v) is 10.6. The van der Waals surface area contributed by atoms with Crippen molar-refractivity contribution in [2.45, 2.75) is 51.1 Å². The molecule has 1 amide bonds. The van der Waals surface area contributed by atoms with Crippen LogP contribution in [0.2, 0.25) is 0 Å². The second-order valence-corrected chi connectivity index (χ2v) is 8.01. The molecular weight excluding hydrogens is 367 g/mol. The Bertz CT molecular complexity index is 868. The molecule has 0 radical (unpaired) electrons. The average Bonchev–Trinajstić information content (AvgIpc) is 3.38. The molecule has 2 heterocycles. The highest BCUT2D eigenvalue weighted by atomic mass is 19.1. The molecule has 0 saturated carbocycles. The van der Waals surface area contributed by atoms with Crippen LogP contribution in [0.5, 0.6) is 0 Å². The number of halogens is 1. The lowest BCUT2D eigenvalue weighted by Crippen LogP contribution is -2.37. The highest BCUT2D eigenvalue weighted by Crippen LogP contribution is 2.27. The molecule has 1 N–H and O–H groups in total. The van der Waals surface area contributed by atoms with Gasteiger partial charge in [-0.3, -0.25) is 9.48 Å². The van der Waals surface area contributed by atoms with Crippen molar-refractivity contribution in [3.05, 3.63) is 65.3 Å². The lowest BCUT2D eigenvalue weighted by atomic mass is 9.91. The van der Waals surface area contributed by atoms with Crippen molar-refractivity contribution < 1.29 is 9.18 Å². The van der Waals surface area contributed by atoms with E-state index < -0.39 is 0 Å². The molecule has 1 fully saturated rings. The number of carbonyl (C=O) groups excluding carboxylic acids is 1. The smallest absolute Gasteiger partial charge is 0.274 e. The number of nitrogens with zero attached hydrogens (tertiary/aromatic N) is 3. The Morgan fingerprint density at radius 1 is 1.28 bits per heavy atom. The average molecular weight is 397 g/mol. The van der Waals surface area contributed by atoms with Gasteiger partial charge in [0.05, 0.1) is 6.54 Å². The Kier molecular flexibility index (Phi) is 6.09. The summed E-state index contributed by atoms with van der Waals surface area (Å²) in [5.41, 5.74) is 4.05. The number of likely N-dealkylation sites (tertiary alicyclic amines) is 1. The van der Waals surface area contributed by atoms with Gasteiger partial charge < -0.3 is 10.2 Å². The predicted octanol–water partition coefficient (Wildman–Crippen LogP) is 3.13. The van der Waals surface area contributed by atoms with Crippen molar-refractivity contribution in [2.75, 3.05) is 19.6 Å². The molecule has 29 heavy (non-hydrogen) atoms. The molecule has 1 atom stereocenters. The molecule has 5 nitrogen and oxygen atoms in total. The zero-order valence-corrected chi connectivity index (χ0v) is 16.9. The van der Waals surface area contributed by atoms with E-state index in [-0.39, 0.29) is 11.7 Å². The minimum absolute atomic E-state index is 0.0773. The molecule has 1 saturated heterocycles. The normalized spacial score (nSPS) is 18.7. The summed E-state index contributed by atoms with van der Waals surface area (Å²) in [6, 6.07) is 7.01. The lowest BCUT2D eigenvalue weighted by molar-refractivity contribution is 0.0785. The Hall–Kier alpha value is -2.47. The topological polar surface area (TPSA) is 50.2 Å². The minimum Gasteiger partial charge on any atom is -0.337 e. The standard InChI is InChI=1S/C23H29FN4O/c1-2-13-28-21-10-9-19(25-12-11-17-5-7-18(24)8-6-17)16-20(21)22(26-28)23(29)27-14-3-4-15-27/h2,5-8,19,25H,1,3-4,9-16H2. The molecule has 1 aromatic carbocycles. The van der Waals surface area contributed by atoms with E-state index >= 15 is 0 Å². The molecule has 1 aliphatic carbocycles. The van der Waals surface area contributed by atoms with Crippen molar-refractivity contribution in [1.29, 1.82) is 0 Å². The molecule has 0 spiro atoms. The van der Waals surface area contributed by atoms with E-state index in [4.69, 9.17) is 0 Å². The summed E-state index contributed by atoms with van der Waals surface area (Å²) in [6.07, 6.45) is 7.62. The summed E-state index contributed by atoms with van der Waals surface area (Å²) in [5, 5.41) is 8.31. The first-order chi connectivity index (χ1) is 14.2. The van der Waals surface area contributed by atoms with Gasteiger partial charge in [0.2, 0.25) is 0 Å². The van der Waals surface area contributed by atoms with E-state index in [1.807, 2.05) is 27.8 Å². The highest BCUT2D eigenvalue weighted by Gasteiger charge is 2.31. The van der Waals surface area contributed by atoms with E-state index in [2.05, 4.69) is 17.0 Å². The van der Waals surface area contributed by atoms with E-state index in [1.165, 1.54) is 17.8 Å². The number of carbonyl (C=O) groups is 1. The summed E-state index contributed by atoms with van der Waals surface area (Å²) >= 11 is 0. The molecule has 154 valence electrons. The van der Waals surface area contributed by atoms with Crippen LogP contribution in [0.4, 0.5) is 4.39 Å².